The number of piperazine rings is 1. The zero-order valence-corrected chi connectivity index (χ0v) is 29.2. The summed E-state index contributed by atoms with van der Waals surface area (Å²) in [5.74, 6) is 0.464. The molecule has 3 aromatic carbocycles. The van der Waals surface area contributed by atoms with Crippen molar-refractivity contribution < 1.29 is 27.5 Å². The number of hydrogen-bond acceptors (Lipinski definition) is 7. The molecule has 268 valence electrons. The van der Waals surface area contributed by atoms with Gasteiger partial charge in [0.05, 0.1) is 11.4 Å². The molecule has 0 radical (unpaired) electrons. The molecule has 0 aliphatic carbocycles. The number of alkyl halides is 3. The Bertz CT molecular complexity index is 1830. The Labute approximate surface area is 303 Å². The Hall–Kier alpha value is -4.59. The lowest BCUT2D eigenvalue weighted by Gasteiger charge is -2.36. The van der Waals surface area contributed by atoms with Crippen LogP contribution >= 0.6 is 23.2 Å². The van der Waals surface area contributed by atoms with E-state index in [-0.39, 0.29) is 17.7 Å². The van der Waals surface area contributed by atoms with Crippen LogP contribution in [0.1, 0.15) is 47.3 Å². The summed E-state index contributed by atoms with van der Waals surface area (Å²) in [6, 6.07) is 19.0. The van der Waals surface area contributed by atoms with Gasteiger partial charge in [-0.05, 0) is 85.5 Å². The molecular formula is C36H36Cl2F3N7O3. The molecule has 1 aromatic heterocycles. The van der Waals surface area contributed by atoms with E-state index in [9.17, 15) is 22.8 Å². The molecule has 2 fully saturated rings. The van der Waals surface area contributed by atoms with Crippen molar-refractivity contribution in [3.05, 3.63) is 99.7 Å². The second-order valence-electron chi connectivity index (χ2n) is 12.4. The molecule has 0 spiro atoms. The van der Waals surface area contributed by atoms with Crippen LogP contribution in [0.3, 0.4) is 0 Å². The third-order valence-corrected chi connectivity index (χ3v) is 9.50. The largest absolute Gasteiger partial charge is 0.438 e. The van der Waals surface area contributed by atoms with Gasteiger partial charge < -0.3 is 30.1 Å². The monoisotopic (exact) mass is 741 g/mol. The van der Waals surface area contributed by atoms with Crippen molar-refractivity contribution >= 4 is 52.2 Å². The van der Waals surface area contributed by atoms with Crippen LogP contribution < -0.4 is 20.3 Å². The van der Waals surface area contributed by atoms with Gasteiger partial charge in [-0.15, -0.1) is 10.2 Å². The van der Waals surface area contributed by atoms with E-state index in [1.165, 1.54) is 0 Å². The number of hydrogen-bond donors (Lipinski definition) is 2. The maximum Gasteiger partial charge on any atom is 0.435 e. The molecule has 0 bridgehead atoms. The number of likely N-dealkylation sites (N-methyl/N-ethyl adjacent to an activating group) is 1. The first-order valence-corrected chi connectivity index (χ1v) is 17.3. The Balaban J connectivity index is 1.10. The zero-order chi connectivity index (χ0) is 36.1. The molecule has 3 amide bonds. The molecule has 0 unspecified atom stereocenters. The summed E-state index contributed by atoms with van der Waals surface area (Å²) in [7, 11) is 0. The van der Waals surface area contributed by atoms with Crippen molar-refractivity contribution in [1.29, 1.82) is 0 Å². The molecular weight excluding hydrogens is 706 g/mol. The highest BCUT2D eigenvalue weighted by molar-refractivity contribution is 6.35. The predicted octanol–water partition coefficient (Wildman–Crippen LogP) is 8.40. The Morgan fingerprint density at radius 2 is 1.53 bits per heavy atom. The summed E-state index contributed by atoms with van der Waals surface area (Å²) in [6.45, 7) is 7.54. The minimum Gasteiger partial charge on any atom is -0.438 e. The second kappa shape index (κ2) is 15.7. The van der Waals surface area contributed by atoms with Gasteiger partial charge in [-0.25, -0.2) is 4.79 Å². The molecule has 15 heteroatoms. The number of ether oxygens (including phenoxy) is 1. The van der Waals surface area contributed by atoms with E-state index in [1.54, 1.807) is 36.4 Å². The molecule has 3 heterocycles. The SMILES string of the molecule is CCN1CCN(c2ccc(C(=O)N3CCC(c4ccc(Oc5ccc(C(F)(F)F)nn5)cc4)CC3)cc2NC(=O)Nc2cc(Cl)cc(Cl)c2)CC1. The lowest BCUT2D eigenvalue weighted by molar-refractivity contribution is -0.141. The fourth-order valence-corrected chi connectivity index (χ4v) is 6.84. The molecule has 2 N–H and O–H groups in total. The average molecular weight is 743 g/mol. The van der Waals surface area contributed by atoms with Gasteiger partial charge in [0.1, 0.15) is 5.75 Å². The lowest BCUT2D eigenvalue weighted by atomic mass is 9.89. The summed E-state index contributed by atoms with van der Waals surface area (Å²) in [4.78, 5) is 33.3. The van der Waals surface area contributed by atoms with Crippen molar-refractivity contribution in [2.75, 3.05) is 61.3 Å². The maximum absolute atomic E-state index is 13.8. The Morgan fingerprint density at radius 3 is 2.14 bits per heavy atom. The number of nitrogens with one attached hydrogen (secondary N) is 2. The van der Waals surface area contributed by atoms with E-state index >= 15 is 0 Å². The van der Waals surface area contributed by atoms with Crippen LogP contribution in [0.25, 0.3) is 0 Å². The number of likely N-dealkylation sites (tertiary alicyclic amines) is 1. The van der Waals surface area contributed by atoms with Gasteiger partial charge in [0.15, 0.2) is 5.69 Å². The number of rotatable bonds is 8. The normalized spacial score (nSPS) is 15.8. The topological polar surface area (TPSA) is 103 Å². The fraction of sp³-hybridized carbons (Fsp3) is 0.333. The average Bonchev–Trinajstić information content (AvgIpc) is 3.11. The number of aromatic nitrogens is 2. The predicted molar refractivity (Wildman–Crippen MR) is 191 cm³/mol. The first-order chi connectivity index (χ1) is 24.4. The number of piperidine rings is 1. The molecule has 10 nitrogen and oxygen atoms in total. The highest BCUT2D eigenvalue weighted by Gasteiger charge is 2.33. The lowest BCUT2D eigenvalue weighted by Crippen LogP contribution is -2.46. The van der Waals surface area contributed by atoms with Gasteiger partial charge in [0.2, 0.25) is 5.88 Å². The van der Waals surface area contributed by atoms with Crippen LogP contribution in [0.15, 0.2) is 72.8 Å². The van der Waals surface area contributed by atoms with Crippen LogP contribution in [0.4, 0.5) is 35.0 Å². The van der Waals surface area contributed by atoms with Gasteiger partial charge >= 0.3 is 12.2 Å². The zero-order valence-electron chi connectivity index (χ0n) is 27.7. The van der Waals surface area contributed by atoms with Crippen LogP contribution in [0.2, 0.25) is 10.0 Å². The number of carbonyl (C=O) groups is 2. The molecule has 2 aliphatic rings. The number of amides is 3. The maximum atomic E-state index is 13.8. The highest BCUT2D eigenvalue weighted by Crippen LogP contribution is 2.34. The molecule has 51 heavy (non-hydrogen) atoms. The minimum absolute atomic E-state index is 0.0420. The van der Waals surface area contributed by atoms with Gasteiger partial charge in [-0.1, -0.05) is 42.3 Å². The quantitative estimate of drug-likeness (QED) is 0.187. The third-order valence-electron chi connectivity index (χ3n) is 9.06. The van der Waals surface area contributed by atoms with Crippen LogP contribution in [0.5, 0.6) is 11.6 Å². The molecule has 2 saturated heterocycles. The fourth-order valence-electron chi connectivity index (χ4n) is 6.31. The van der Waals surface area contributed by atoms with Gasteiger partial charge in [-0.2, -0.15) is 13.2 Å². The number of benzene rings is 3. The molecule has 6 rings (SSSR count). The Morgan fingerprint density at radius 1 is 0.843 bits per heavy atom. The first-order valence-electron chi connectivity index (χ1n) is 16.6. The van der Waals surface area contributed by atoms with Crippen LogP contribution in [-0.2, 0) is 6.18 Å². The van der Waals surface area contributed by atoms with Crippen LogP contribution in [-0.4, -0.2) is 77.7 Å². The van der Waals surface area contributed by atoms with E-state index in [0.29, 0.717) is 45.8 Å². The van der Waals surface area contributed by atoms with Crippen molar-refractivity contribution in [2.45, 2.75) is 31.9 Å². The minimum atomic E-state index is -4.57. The summed E-state index contributed by atoms with van der Waals surface area (Å²) in [6.07, 6.45) is -3.09. The number of halogens is 5. The first kappa shape index (κ1) is 36.2. The second-order valence-corrected chi connectivity index (χ2v) is 13.3. The van der Waals surface area contributed by atoms with Crippen molar-refractivity contribution in [2.24, 2.45) is 0 Å². The molecule has 0 saturated carbocycles. The van der Waals surface area contributed by atoms with Crippen molar-refractivity contribution in [3.8, 4) is 11.6 Å². The van der Waals surface area contributed by atoms with E-state index in [1.807, 2.05) is 29.2 Å². The molecule has 2 aliphatic heterocycles. The number of urea groups is 1. The summed E-state index contributed by atoms with van der Waals surface area (Å²) in [5, 5.41) is 13.2. The van der Waals surface area contributed by atoms with E-state index in [0.717, 1.165) is 68.9 Å². The smallest absolute Gasteiger partial charge is 0.435 e. The molecule has 4 aromatic rings. The summed E-state index contributed by atoms with van der Waals surface area (Å²) in [5.41, 5.74) is 2.24. The number of nitrogens with zero attached hydrogens (tertiary/aromatic N) is 5. The van der Waals surface area contributed by atoms with Crippen LogP contribution in [0, 0.1) is 0 Å². The van der Waals surface area contributed by atoms with Gasteiger partial charge in [0, 0.05) is 66.6 Å². The summed E-state index contributed by atoms with van der Waals surface area (Å²) >= 11 is 12.2. The van der Waals surface area contributed by atoms with Gasteiger partial charge in [0.25, 0.3) is 5.91 Å². The standard InChI is InChI=1S/C36H36Cl2F3N7O3/c1-2-46-15-17-47(18-16-46)31-8-5-25(19-30(31)43-35(50)42-28-21-26(37)20-27(38)22-28)34(49)48-13-11-24(12-14-48)23-3-6-29(7-4-23)51-33-10-9-32(44-45-33)36(39,40)41/h3-10,19-22,24H,2,11-18H2,1H3,(H2,42,43,50). The van der Waals surface area contributed by atoms with E-state index in [2.05, 4.69) is 37.6 Å². The third kappa shape index (κ3) is 9.21. The van der Waals surface area contributed by atoms with Gasteiger partial charge in [-0.3, -0.25) is 4.79 Å². The van der Waals surface area contributed by atoms with Crippen molar-refractivity contribution in [3.63, 3.8) is 0 Å². The summed E-state index contributed by atoms with van der Waals surface area (Å²) < 4.78 is 43.9. The highest BCUT2D eigenvalue weighted by atomic mass is 35.5. The number of anilines is 3. The Kier molecular flexibility index (Phi) is 11.2. The number of carbonyl (C=O) groups excluding carboxylic acids is 2. The van der Waals surface area contributed by atoms with E-state index in [4.69, 9.17) is 27.9 Å². The van der Waals surface area contributed by atoms with E-state index < -0.39 is 17.9 Å². The van der Waals surface area contributed by atoms with Crippen molar-refractivity contribution in [1.82, 2.24) is 20.0 Å². The molecule has 0 atom stereocenters.